The van der Waals surface area contributed by atoms with E-state index in [-0.39, 0.29) is 11.8 Å². The van der Waals surface area contributed by atoms with Gasteiger partial charge in [0.15, 0.2) is 5.78 Å². The molecule has 200 valence electrons. The summed E-state index contributed by atoms with van der Waals surface area (Å²) in [6.45, 7) is 5.39. The molecule has 1 saturated heterocycles. The number of fused-ring (bicyclic) bond motifs is 1. The number of carbonyl (C=O) groups excluding carboxylic acids is 3. The van der Waals surface area contributed by atoms with Crippen LogP contribution in [0.25, 0.3) is 10.9 Å². The van der Waals surface area contributed by atoms with Crippen molar-refractivity contribution in [3.05, 3.63) is 96.4 Å². The highest BCUT2D eigenvalue weighted by atomic mass is 32.2. The van der Waals surface area contributed by atoms with Gasteiger partial charge in [-0.1, -0.05) is 42.5 Å². The SMILES string of the molecule is CN(C(=O)n1cc(C(=O)[C@@H]2CSC(c3cccnc3)N2C(=O)OC(C)(C)C)c2ccccc21)c1ccccc1. The molecule has 5 rings (SSSR count). The van der Waals surface area contributed by atoms with E-state index in [4.69, 9.17) is 4.74 Å². The highest BCUT2D eigenvalue weighted by Crippen LogP contribution is 2.43. The minimum absolute atomic E-state index is 0.245. The highest BCUT2D eigenvalue weighted by Gasteiger charge is 2.45. The monoisotopic (exact) mass is 542 g/mol. The van der Waals surface area contributed by atoms with Crippen LogP contribution >= 0.6 is 11.8 Å². The first-order valence-electron chi connectivity index (χ1n) is 12.7. The molecule has 9 heteroatoms. The van der Waals surface area contributed by atoms with Crippen LogP contribution < -0.4 is 4.90 Å². The van der Waals surface area contributed by atoms with Gasteiger partial charge in [0, 0.05) is 53.6 Å². The molecular weight excluding hydrogens is 512 g/mol. The van der Waals surface area contributed by atoms with E-state index in [1.54, 1.807) is 52.5 Å². The molecule has 0 saturated carbocycles. The number of aromatic nitrogens is 2. The first kappa shape index (κ1) is 26.5. The Labute approximate surface area is 231 Å². The van der Waals surface area contributed by atoms with Gasteiger partial charge in [-0.2, -0.15) is 0 Å². The number of amides is 2. The Balaban J connectivity index is 1.53. The quantitative estimate of drug-likeness (QED) is 0.279. The Morgan fingerprint density at radius 1 is 1.00 bits per heavy atom. The maximum absolute atomic E-state index is 14.2. The fourth-order valence-corrected chi connectivity index (χ4v) is 6.06. The van der Waals surface area contributed by atoms with E-state index >= 15 is 0 Å². The van der Waals surface area contributed by atoms with Crippen molar-refractivity contribution < 1.29 is 19.1 Å². The third-order valence-corrected chi connectivity index (χ3v) is 7.81. The van der Waals surface area contributed by atoms with Gasteiger partial charge < -0.3 is 4.74 Å². The summed E-state index contributed by atoms with van der Waals surface area (Å²) >= 11 is 1.49. The van der Waals surface area contributed by atoms with E-state index in [1.165, 1.54) is 26.1 Å². The van der Waals surface area contributed by atoms with Crippen molar-refractivity contribution in [2.24, 2.45) is 0 Å². The number of benzene rings is 2. The predicted octanol–water partition coefficient (Wildman–Crippen LogP) is 6.37. The molecule has 2 amide bonds. The number of carbonyl (C=O) groups is 3. The van der Waals surface area contributed by atoms with Crippen LogP contribution in [-0.4, -0.2) is 56.8 Å². The van der Waals surface area contributed by atoms with E-state index < -0.39 is 23.1 Å². The van der Waals surface area contributed by atoms with Crippen molar-refractivity contribution in [2.75, 3.05) is 17.7 Å². The van der Waals surface area contributed by atoms with E-state index in [9.17, 15) is 14.4 Å². The lowest BCUT2D eigenvalue weighted by molar-refractivity contribution is 0.0173. The van der Waals surface area contributed by atoms with E-state index in [1.807, 2.05) is 60.7 Å². The Morgan fingerprint density at radius 2 is 1.72 bits per heavy atom. The van der Waals surface area contributed by atoms with Crippen molar-refractivity contribution in [1.82, 2.24) is 14.5 Å². The number of thioether (sulfide) groups is 1. The summed E-state index contributed by atoms with van der Waals surface area (Å²) in [4.78, 5) is 48.5. The standard InChI is InChI=1S/C30H30N4O4S/c1-30(2,3)38-29(37)34-25(19-39-27(34)20-11-10-16-31-17-20)26(35)23-18-33(24-15-9-8-14-22(23)24)28(36)32(4)21-12-6-5-7-13-21/h5-18,25,27H,19H2,1-4H3/t25-,27?/m0/s1. The summed E-state index contributed by atoms with van der Waals surface area (Å²) in [6, 6.07) is 19.2. The van der Waals surface area contributed by atoms with Gasteiger partial charge >= 0.3 is 12.1 Å². The normalized spacial score (nSPS) is 17.3. The van der Waals surface area contributed by atoms with E-state index in [0.717, 1.165) is 11.3 Å². The molecule has 8 nitrogen and oxygen atoms in total. The van der Waals surface area contributed by atoms with Gasteiger partial charge in [-0.3, -0.25) is 24.1 Å². The number of anilines is 1. The summed E-state index contributed by atoms with van der Waals surface area (Å²) < 4.78 is 7.23. The zero-order valence-electron chi connectivity index (χ0n) is 22.3. The lowest BCUT2D eigenvalue weighted by Crippen LogP contribution is -2.45. The van der Waals surface area contributed by atoms with Gasteiger partial charge in [-0.25, -0.2) is 9.59 Å². The molecule has 39 heavy (non-hydrogen) atoms. The zero-order valence-corrected chi connectivity index (χ0v) is 23.1. The maximum Gasteiger partial charge on any atom is 0.412 e. The Kier molecular flexibility index (Phi) is 7.18. The highest BCUT2D eigenvalue weighted by molar-refractivity contribution is 7.99. The van der Waals surface area contributed by atoms with Crippen molar-refractivity contribution in [2.45, 2.75) is 37.8 Å². The van der Waals surface area contributed by atoms with Crippen LogP contribution in [0.15, 0.2) is 85.3 Å². The summed E-state index contributed by atoms with van der Waals surface area (Å²) in [5.74, 6) is 0.138. The average Bonchev–Trinajstić information content (AvgIpc) is 3.55. The minimum atomic E-state index is -0.781. The summed E-state index contributed by atoms with van der Waals surface area (Å²) in [5, 5.41) is 0.220. The molecule has 0 spiro atoms. The lowest BCUT2D eigenvalue weighted by Gasteiger charge is -2.31. The van der Waals surface area contributed by atoms with Crippen molar-refractivity contribution in [1.29, 1.82) is 0 Å². The number of pyridine rings is 1. The Hall–Kier alpha value is -4.11. The van der Waals surface area contributed by atoms with Crippen LogP contribution in [0, 0.1) is 0 Å². The number of para-hydroxylation sites is 2. The Morgan fingerprint density at radius 3 is 2.41 bits per heavy atom. The molecule has 0 radical (unpaired) electrons. The van der Waals surface area contributed by atoms with Gasteiger partial charge in [-0.05, 0) is 45.0 Å². The molecule has 0 bridgehead atoms. The number of hydrogen-bond acceptors (Lipinski definition) is 6. The number of ketones is 1. The van der Waals surface area contributed by atoms with Gasteiger partial charge in [0.25, 0.3) is 0 Å². The first-order valence-corrected chi connectivity index (χ1v) is 13.7. The Bertz CT molecular complexity index is 1510. The zero-order chi connectivity index (χ0) is 27.7. The third-order valence-electron chi connectivity index (χ3n) is 6.49. The number of Topliss-reactive ketones (excluding diaryl/α,β-unsaturated/α-hetero) is 1. The molecule has 3 heterocycles. The van der Waals surface area contributed by atoms with Gasteiger partial charge in [-0.15, -0.1) is 11.8 Å². The van der Waals surface area contributed by atoms with Crippen LogP contribution in [0.4, 0.5) is 15.3 Å². The van der Waals surface area contributed by atoms with Gasteiger partial charge in [0.2, 0.25) is 0 Å². The largest absolute Gasteiger partial charge is 0.444 e. The first-order chi connectivity index (χ1) is 18.7. The molecule has 2 atom stereocenters. The van der Waals surface area contributed by atoms with Crippen LogP contribution in [0.1, 0.15) is 42.1 Å². The second-order valence-corrected chi connectivity index (χ2v) is 11.5. The maximum atomic E-state index is 14.2. The van der Waals surface area contributed by atoms with Crippen LogP contribution in [-0.2, 0) is 4.74 Å². The third kappa shape index (κ3) is 5.27. The smallest absolute Gasteiger partial charge is 0.412 e. The molecular formula is C30H30N4O4S. The second kappa shape index (κ2) is 10.6. The number of hydrogen-bond donors (Lipinski definition) is 0. The average molecular weight is 543 g/mol. The van der Waals surface area contributed by atoms with E-state index in [0.29, 0.717) is 22.2 Å². The van der Waals surface area contributed by atoms with Crippen LogP contribution in [0.3, 0.4) is 0 Å². The molecule has 1 fully saturated rings. The number of rotatable bonds is 4. The second-order valence-electron chi connectivity index (χ2n) is 10.3. The molecule has 1 unspecified atom stereocenters. The molecule has 4 aromatic rings. The number of nitrogens with zero attached hydrogens (tertiary/aromatic N) is 4. The summed E-state index contributed by atoms with van der Waals surface area (Å²) in [7, 11) is 1.70. The van der Waals surface area contributed by atoms with Crippen molar-refractivity contribution >= 4 is 46.3 Å². The van der Waals surface area contributed by atoms with Crippen molar-refractivity contribution in [3.8, 4) is 0 Å². The number of ether oxygens (including phenoxy) is 1. The molecule has 0 aliphatic carbocycles. The molecule has 0 N–H and O–H groups in total. The van der Waals surface area contributed by atoms with Gasteiger partial charge in [0.1, 0.15) is 17.0 Å². The van der Waals surface area contributed by atoms with Crippen molar-refractivity contribution in [3.63, 3.8) is 0 Å². The van der Waals surface area contributed by atoms with E-state index in [2.05, 4.69) is 4.98 Å². The van der Waals surface area contributed by atoms with Crippen LogP contribution in [0.5, 0.6) is 0 Å². The topological polar surface area (TPSA) is 84.7 Å². The lowest BCUT2D eigenvalue weighted by atomic mass is 10.0. The van der Waals surface area contributed by atoms with Gasteiger partial charge in [0.05, 0.1) is 5.52 Å². The summed E-state index contributed by atoms with van der Waals surface area (Å²) in [5.41, 5.74) is 1.81. The molecule has 2 aromatic carbocycles. The minimum Gasteiger partial charge on any atom is -0.444 e. The van der Waals surface area contributed by atoms with Crippen LogP contribution in [0.2, 0.25) is 0 Å². The fourth-order valence-electron chi connectivity index (χ4n) is 4.66. The summed E-state index contributed by atoms with van der Waals surface area (Å²) in [6.07, 6.45) is 4.39. The fraction of sp³-hybridized carbons (Fsp3) is 0.267. The predicted molar refractivity (Wildman–Crippen MR) is 153 cm³/mol. The molecule has 1 aliphatic rings. The molecule has 1 aliphatic heterocycles. The molecule has 2 aromatic heterocycles.